The zero-order valence-electron chi connectivity index (χ0n) is 17.7. The van der Waals surface area contributed by atoms with Crippen molar-refractivity contribution in [1.29, 1.82) is 0 Å². The third-order valence-corrected chi connectivity index (χ3v) is 5.77. The topological polar surface area (TPSA) is 97.0 Å². The van der Waals surface area contributed by atoms with Gasteiger partial charge < -0.3 is 19.7 Å². The van der Waals surface area contributed by atoms with E-state index in [0.717, 1.165) is 32.1 Å². The van der Waals surface area contributed by atoms with Crippen LogP contribution < -0.4 is 15.4 Å². The molecule has 2 amide bonds. The van der Waals surface area contributed by atoms with Crippen molar-refractivity contribution >= 4 is 35.1 Å². The van der Waals surface area contributed by atoms with Crippen molar-refractivity contribution in [2.75, 3.05) is 19.7 Å². The number of carbonyl (C=O) groups is 3. The second-order valence-corrected chi connectivity index (χ2v) is 8.06. The van der Waals surface area contributed by atoms with E-state index >= 15 is 0 Å². The van der Waals surface area contributed by atoms with Crippen LogP contribution >= 0.6 is 12.2 Å². The minimum Gasteiger partial charge on any atom is -0.494 e. The summed E-state index contributed by atoms with van der Waals surface area (Å²) in [5.74, 6) is -0.540. The molecule has 2 N–H and O–H groups in total. The number of rotatable bonds is 6. The largest absolute Gasteiger partial charge is 0.494 e. The third-order valence-electron chi connectivity index (χ3n) is 5.43. The first-order chi connectivity index (χ1) is 15.0. The average Bonchev–Trinajstić information content (AvgIpc) is 2.76. The molecule has 0 radical (unpaired) electrons. The molecule has 168 valence electrons. The quantitative estimate of drug-likeness (QED) is 0.510. The van der Waals surface area contributed by atoms with E-state index in [9.17, 15) is 14.4 Å². The summed E-state index contributed by atoms with van der Waals surface area (Å²) >= 11 is 5.41. The lowest BCUT2D eigenvalue weighted by Crippen LogP contribution is -2.60. The number of hydrogen-bond donors (Lipinski definition) is 2. The van der Waals surface area contributed by atoms with Crippen LogP contribution in [0.4, 0.5) is 0 Å². The number of thiocarbonyl (C=S) groups is 1. The monoisotopic (exact) mass is 447 g/mol. The number of nitrogens with one attached hydrogen (secondary N) is 2. The van der Waals surface area contributed by atoms with Gasteiger partial charge in [-0.2, -0.15) is 0 Å². The zero-order valence-corrected chi connectivity index (χ0v) is 18.5. The first-order valence-electron chi connectivity index (χ1n) is 10.8. The van der Waals surface area contributed by atoms with Crippen LogP contribution in [0, 0.1) is 0 Å². The summed E-state index contributed by atoms with van der Waals surface area (Å²) in [4.78, 5) is 39.2. The molecule has 0 bridgehead atoms. The van der Waals surface area contributed by atoms with Crippen LogP contribution in [0.2, 0.25) is 0 Å². The maximum absolute atomic E-state index is 12.7. The Hall–Kier alpha value is -2.68. The van der Waals surface area contributed by atoms with Crippen LogP contribution in [0.1, 0.15) is 55.8 Å². The molecule has 9 heteroatoms. The van der Waals surface area contributed by atoms with E-state index in [-0.39, 0.29) is 23.5 Å². The van der Waals surface area contributed by atoms with Crippen LogP contribution in [0.5, 0.6) is 5.75 Å². The van der Waals surface area contributed by atoms with E-state index in [1.165, 1.54) is 0 Å². The van der Waals surface area contributed by atoms with Gasteiger partial charge in [0.05, 0.1) is 13.0 Å². The molecule has 8 nitrogen and oxygen atoms in total. The van der Waals surface area contributed by atoms with E-state index in [2.05, 4.69) is 10.6 Å². The van der Waals surface area contributed by atoms with Crippen molar-refractivity contribution in [2.45, 2.75) is 57.6 Å². The Labute approximate surface area is 187 Å². The zero-order chi connectivity index (χ0) is 22.2. The molecule has 31 heavy (non-hydrogen) atoms. The summed E-state index contributed by atoms with van der Waals surface area (Å²) in [7, 11) is 0. The smallest absolute Gasteiger partial charge is 0.308 e. The molecule has 3 rings (SSSR count). The second-order valence-electron chi connectivity index (χ2n) is 7.67. The first-order valence-corrected chi connectivity index (χ1v) is 11.2. The number of benzene rings is 1. The molecule has 1 aliphatic heterocycles. The highest BCUT2D eigenvalue weighted by Gasteiger charge is 2.35. The normalized spacial score (nSPS) is 19.3. The Morgan fingerprint density at radius 2 is 2.03 bits per heavy atom. The summed E-state index contributed by atoms with van der Waals surface area (Å²) in [5, 5.41) is 5.53. The third kappa shape index (κ3) is 6.40. The van der Waals surface area contributed by atoms with E-state index in [1.54, 1.807) is 29.2 Å². The molecular formula is C22H29N3O5S. The van der Waals surface area contributed by atoms with Gasteiger partial charge in [-0.15, -0.1) is 0 Å². The van der Waals surface area contributed by atoms with E-state index in [0.29, 0.717) is 31.0 Å². The van der Waals surface area contributed by atoms with Crippen molar-refractivity contribution < 1.29 is 23.9 Å². The van der Waals surface area contributed by atoms with Crippen LogP contribution in [0.3, 0.4) is 0 Å². The lowest BCUT2D eigenvalue weighted by atomic mass is 9.98. The SMILES string of the molecule is CCOc1cccc(C(=O)NC(=S)N2CCNC(=O)C2CC(=O)OC2CCCCC2)c1. The van der Waals surface area contributed by atoms with Crippen molar-refractivity contribution in [3.8, 4) is 5.75 Å². The van der Waals surface area contributed by atoms with Gasteiger partial charge in [-0.25, -0.2) is 0 Å². The number of amides is 2. The molecule has 1 aliphatic carbocycles. The standard InChI is InChI=1S/C22H29N3O5S/c1-2-29-17-10-6-7-15(13-17)20(27)24-22(31)25-12-11-23-21(28)18(25)14-19(26)30-16-8-4-3-5-9-16/h6-7,10,13,16,18H,2-5,8-9,11-12,14H2,1H3,(H,23,28)(H,24,27,31). The van der Waals surface area contributed by atoms with Crippen molar-refractivity contribution in [1.82, 2.24) is 15.5 Å². The Kier molecular flexibility index (Phi) is 8.22. The molecule has 2 aliphatic rings. The molecule has 1 atom stereocenters. The number of nitrogens with zero attached hydrogens (tertiary/aromatic N) is 1. The second kappa shape index (κ2) is 11.1. The van der Waals surface area contributed by atoms with Crippen molar-refractivity contribution in [2.24, 2.45) is 0 Å². The van der Waals surface area contributed by atoms with Gasteiger partial charge in [0.1, 0.15) is 17.9 Å². The summed E-state index contributed by atoms with van der Waals surface area (Å²) < 4.78 is 11.0. The number of carbonyl (C=O) groups excluding carboxylic acids is 3. The summed E-state index contributed by atoms with van der Waals surface area (Å²) in [6.45, 7) is 3.13. The predicted molar refractivity (Wildman–Crippen MR) is 119 cm³/mol. The van der Waals surface area contributed by atoms with Gasteiger partial charge >= 0.3 is 5.97 Å². The predicted octanol–water partition coefficient (Wildman–Crippen LogP) is 2.17. The van der Waals surface area contributed by atoms with Crippen LogP contribution in [-0.2, 0) is 14.3 Å². The highest BCUT2D eigenvalue weighted by molar-refractivity contribution is 7.80. The maximum atomic E-state index is 12.7. The van der Waals surface area contributed by atoms with Gasteiger partial charge in [0, 0.05) is 18.7 Å². The van der Waals surface area contributed by atoms with Gasteiger partial charge in [0.2, 0.25) is 5.91 Å². The molecule has 1 heterocycles. The first kappa shape index (κ1) is 23.0. The van der Waals surface area contributed by atoms with Crippen molar-refractivity contribution in [3.63, 3.8) is 0 Å². The molecule has 1 unspecified atom stereocenters. The van der Waals surface area contributed by atoms with Crippen LogP contribution in [0.15, 0.2) is 24.3 Å². The average molecular weight is 448 g/mol. The van der Waals surface area contributed by atoms with Gasteiger partial charge in [0.25, 0.3) is 5.91 Å². The summed E-state index contributed by atoms with van der Waals surface area (Å²) in [6.07, 6.45) is 4.80. The fourth-order valence-corrected chi connectivity index (χ4v) is 4.18. The van der Waals surface area contributed by atoms with Gasteiger partial charge in [-0.05, 0) is 63.0 Å². The minimum absolute atomic E-state index is 0.0781. The number of hydrogen-bond acceptors (Lipinski definition) is 6. The van der Waals surface area contributed by atoms with E-state index < -0.39 is 17.9 Å². The molecule has 0 spiro atoms. The minimum atomic E-state index is -0.813. The summed E-state index contributed by atoms with van der Waals surface area (Å²) in [5.41, 5.74) is 0.392. The van der Waals surface area contributed by atoms with Gasteiger partial charge in [-0.3, -0.25) is 19.7 Å². The molecule has 1 saturated carbocycles. The number of piperazine rings is 1. The fraction of sp³-hybridized carbons (Fsp3) is 0.545. The van der Waals surface area contributed by atoms with Crippen LogP contribution in [-0.4, -0.2) is 59.6 Å². The lowest BCUT2D eigenvalue weighted by molar-refractivity contribution is -0.153. The Balaban J connectivity index is 1.62. The van der Waals surface area contributed by atoms with Crippen LogP contribution in [0.25, 0.3) is 0 Å². The Bertz CT molecular complexity index is 825. The molecule has 1 saturated heterocycles. The molecule has 1 aromatic rings. The Morgan fingerprint density at radius 3 is 2.77 bits per heavy atom. The van der Waals surface area contributed by atoms with E-state index in [1.807, 2.05) is 6.92 Å². The highest BCUT2D eigenvalue weighted by atomic mass is 32.1. The Morgan fingerprint density at radius 1 is 1.26 bits per heavy atom. The fourth-order valence-electron chi connectivity index (χ4n) is 3.87. The van der Waals surface area contributed by atoms with E-state index in [4.69, 9.17) is 21.7 Å². The highest BCUT2D eigenvalue weighted by Crippen LogP contribution is 2.21. The molecule has 2 fully saturated rings. The van der Waals surface area contributed by atoms with Crippen molar-refractivity contribution in [3.05, 3.63) is 29.8 Å². The number of ether oxygens (including phenoxy) is 2. The lowest BCUT2D eigenvalue weighted by Gasteiger charge is -2.36. The number of esters is 1. The van der Waals surface area contributed by atoms with Gasteiger partial charge in [0.15, 0.2) is 5.11 Å². The van der Waals surface area contributed by atoms with Gasteiger partial charge in [-0.1, -0.05) is 12.5 Å². The molecular weight excluding hydrogens is 418 g/mol. The molecule has 0 aromatic heterocycles. The summed E-state index contributed by atoms with van der Waals surface area (Å²) in [6, 6.07) is 5.96. The molecule has 1 aromatic carbocycles. The maximum Gasteiger partial charge on any atom is 0.308 e.